The zero-order valence-electron chi connectivity index (χ0n) is 9.82. The molecule has 1 amide bonds. The number of benzene rings is 1. The van der Waals surface area contributed by atoms with Crippen LogP contribution in [0.25, 0.3) is 0 Å². The lowest BCUT2D eigenvalue weighted by molar-refractivity contribution is -0.384. The maximum absolute atomic E-state index is 13.2. The van der Waals surface area contributed by atoms with Gasteiger partial charge in [0.2, 0.25) is 5.91 Å². The highest BCUT2D eigenvalue weighted by Crippen LogP contribution is 2.33. The molecule has 10 heteroatoms. The molecule has 2 rings (SSSR count). The standard InChI is InChI=1S/C10H8F2N2O5S/c11-6-1-2-8(14(16)17)9(3-6)13-5-7(4-10(13)15)20(12,18)19/h1-3,7H,4-5H2. The highest BCUT2D eigenvalue weighted by molar-refractivity contribution is 7.87. The highest BCUT2D eigenvalue weighted by atomic mass is 32.3. The molecule has 1 unspecified atom stereocenters. The van der Waals surface area contributed by atoms with E-state index < -0.39 is 50.8 Å². The fourth-order valence-corrected chi connectivity index (χ4v) is 2.63. The van der Waals surface area contributed by atoms with Gasteiger partial charge in [0.15, 0.2) is 0 Å². The number of rotatable bonds is 3. The molecule has 20 heavy (non-hydrogen) atoms. The predicted molar refractivity (Wildman–Crippen MR) is 63.8 cm³/mol. The summed E-state index contributed by atoms with van der Waals surface area (Å²) in [6, 6.07) is 2.43. The van der Waals surface area contributed by atoms with E-state index in [4.69, 9.17) is 0 Å². The molecule has 0 N–H and O–H groups in total. The van der Waals surface area contributed by atoms with Crippen LogP contribution >= 0.6 is 0 Å². The number of amides is 1. The first-order valence-electron chi connectivity index (χ1n) is 5.38. The maximum Gasteiger partial charge on any atom is 0.307 e. The second-order valence-electron chi connectivity index (χ2n) is 4.20. The van der Waals surface area contributed by atoms with Gasteiger partial charge in [-0.3, -0.25) is 14.9 Å². The third-order valence-electron chi connectivity index (χ3n) is 2.91. The summed E-state index contributed by atoms with van der Waals surface area (Å²) in [6.07, 6.45) is -0.632. The van der Waals surface area contributed by atoms with E-state index in [0.717, 1.165) is 18.2 Å². The van der Waals surface area contributed by atoms with Crippen molar-refractivity contribution in [2.75, 3.05) is 11.4 Å². The van der Waals surface area contributed by atoms with Gasteiger partial charge in [-0.1, -0.05) is 0 Å². The van der Waals surface area contributed by atoms with E-state index in [2.05, 4.69) is 0 Å². The third kappa shape index (κ3) is 2.59. The molecular formula is C10H8F2N2O5S. The fraction of sp³-hybridized carbons (Fsp3) is 0.300. The van der Waals surface area contributed by atoms with Gasteiger partial charge in [-0.15, -0.1) is 3.89 Å². The molecule has 1 aromatic rings. The number of nitro benzene ring substituents is 1. The Bertz CT molecular complexity index is 691. The first-order valence-corrected chi connectivity index (χ1v) is 6.82. The normalized spacial score (nSPS) is 19.4. The molecule has 1 aliphatic rings. The molecule has 7 nitrogen and oxygen atoms in total. The minimum atomic E-state index is -4.95. The molecule has 0 radical (unpaired) electrons. The average Bonchev–Trinajstić information content (AvgIpc) is 2.70. The van der Waals surface area contributed by atoms with Crippen molar-refractivity contribution < 1.29 is 26.4 Å². The van der Waals surface area contributed by atoms with Crippen LogP contribution < -0.4 is 4.90 Å². The van der Waals surface area contributed by atoms with E-state index in [1.165, 1.54) is 0 Å². The van der Waals surface area contributed by atoms with Crippen LogP contribution in [-0.2, 0) is 15.0 Å². The lowest BCUT2D eigenvalue weighted by Gasteiger charge is -2.16. The van der Waals surface area contributed by atoms with Gasteiger partial charge in [0.25, 0.3) is 5.69 Å². The molecule has 1 aromatic carbocycles. The lowest BCUT2D eigenvalue weighted by atomic mass is 10.2. The Morgan fingerprint density at radius 3 is 2.55 bits per heavy atom. The summed E-state index contributed by atoms with van der Waals surface area (Å²) in [5.74, 6) is -1.64. The average molecular weight is 306 g/mol. The van der Waals surface area contributed by atoms with Crippen molar-refractivity contribution in [3.63, 3.8) is 0 Å². The number of nitrogens with zero attached hydrogens (tertiary/aromatic N) is 2. The van der Waals surface area contributed by atoms with Gasteiger partial charge < -0.3 is 4.90 Å². The van der Waals surface area contributed by atoms with Crippen LogP contribution in [0.15, 0.2) is 18.2 Å². The first kappa shape index (κ1) is 14.3. The number of carbonyl (C=O) groups is 1. The van der Waals surface area contributed by atoms with Crippen LogP contribution in [-0.4, -0.2) is 31.0 Å². The molecule has 1 atom stereocenters. The van der Waals surface area contributed by atoms with E-state index in [-0.39, 0.29) is 5.69 Å². The minimum absolute atomic E-state index is 0.383. The summed E-state index contributed by atoms with van der Waals surface area (Å²) in [6.45, 7) is -0.581. The zero-order valence-corrected chi connectivity index (χ0v) is 10.6. The van der Waals surface area contributed by atoms with E-state index in [1.54, 1.807) is 0 Å². The van der Waals surface area contributed by atoms with Crippen molar-refractivity contribution in [3.8, 4) is 0 Å². The van der Waals surface area contributed by atoms with E-state index in [9.17, 15) is 31.6 Å². The number of halogens is 2. The summed E-state index contributed by atoms with van der Waals surface area (Å²) in [4.78, 5) is 22.4. The van der Waals surface area contributed by atoms with Gasteiger partial charge in [-0.05, 0) is 6.07 Å². The molecule has 0 saturated carbocycles. The molecule has 1 saturated heterocycles. The second-order valence-corrected chi connectivity index (χ2v) is 5.81. The van der Waals surface area contributed by atoms with Crippen molar-refractivity contribution >= 4 is 27.5 Å². The highest BCUT2D eigenvalue weighted by Gasteiger charge is 2.41. The number of carbonyl (C=O) groups excluding carboxylic acids is 1. The van der Waals surface area contributed by atoms with Crippen LogP contribution in [0, 0.1) is 15.9 Å². The lowest BCUT2D eigenvalue weighted by Crippen LogP contribution is -2.27. The van der Waals surface area contributed by atoms with Crippen LogP contribution in [0.3, 0.4) is 0 Å². The van der Waals surface area contributed by atoms with Crippen LogP contribution in [0.1, 0.15) is 6.42 Å². The number of nitro groups is 1. The molecule has 0 spiro atoms. The predicted octanol–water partition coefficient (Wildman–Crippen LogP) is 1.14. The quantitative estimate of drug-likeness (QED) is 0.474. The number of hydrogen-bond donors (Lipinski definition) is 0. The molecule has 0 aliphatic carbocycles. The van der Waals surface area contributed by atoms with Crippen LogP contribution in [0.2, 0.25) is 0 Å². The molecule has 1 heterocycles. The monoisotopic (exact) mass is 306 g/mol. The molecule has 0 aromatic heterocycles. The summed E-state index contributed by atoms with van der Waals surface area (Å²) < 4.78 is 47.6. The maximum atomic E-state index is 13.2. The summed E-state index contributed by atoms with van der Waals surface area (Å²) in [7, 11) is -4.95. The molecular weight excluding hydrogens is 298 g/mol. The first-order chi connectivity index (χ1) is 9.20. The van der Waals surface area contributed by atoms with Crippen molar-refractivity contribution in [2.24, 2.45) is 0 Å². The second kappa shape index (κ2) is 4.78. The van der Waals surface area contributed by atoms with Crippen LogP contribution in [0.4, 0.5) is 19.7 Å². The van der Waals surface area contributed by atoms with Gasteiger partial charge in [0.1, 0.15) is 16.8 Å². The number of anilines is 1. The smallest absolute Gasteiger partial charge is 0.305 e. The van der Waals surface area contributed by atoms with E-state index in [1.807, 2.05) is 0 Å². The summed E-state index contributed by atoms with van der Waals surface area (Å²) in [5.41, 5.74) is -0.942. The van der Waals surface area contributed by atoms with Crippen molar-refractivity contribution in [1.29, 1.82) is 0 Å². The van der Waals surface area contributed by atoms with Crippen molar-refractivity contribution in [3.05, 3.63) is 34.1 Å². The summed E-state index contributed by atoms with van der Waals surface area (Å²) in [5, 5.41) is 9.23. The minimum Gasteiger partial charge on any atom is -0.305 e. The zero-order chi connectivity index (χ0) is 15.1. The Morgan fingerprint density at radius 1 is 1.40 bits per heavy atom. The van der Waals surface area contributed by atoms with Gasteiger partial charge in [-0.25, -0.2) is 4.39 Å². The van der Waals surface area contributed by atoms with E-state index in [0.29, 0.717) is 4.90 Å². The molecule has 1 aliphatic heterocycles. The summed E-state index contributed by atoms with van der Waals surface area (Å²) >= 11 is 0. The Labute approximate surface area is 112 Å². The third-order valence-corrected chi connectivity index (χ3v) is 4.02. The SMILES string of the molecule is O=C1CC(S(=O)(=O)F)CN1c1cc(F)ccc1[N+](=O)[O-]. The van der Waals surface area contributed by atoms with Gasteiger partial charge in [0.05, 0.1) is 4.92 Å². The topological polar surface area (TPSA) is 97.6 Å². The van der Waals surface area contributed by atoms with Crippen molar-refractivity contribution in [2.45, 2.75) is 11.7 Å². The fourth-order valence-electron chi connectivity index (χ4n) is 1.96. The Hall–Kier alpha value is -2.10. The molecule has 1 fully saturated rings. The largest absolute Gasteiger partial charge is 0.307 e. The van der Waals surface area contributed by atoms with Gasteiger partial charge in [-0.2, -0.15) is 8.42 Å². The molecule has 108 valence electrons. The number of hydrogen-bond acceptors (Lipinski definition) is 5. The van der Waals surface area contributed by atoms with E-state index >= 15 is 0 Å². The van der Waals surface area contributed by atoms with Crippen molar-refractivity contribution in [1.82, 2.24) is 0 Å². The van der Waals surface area contributed by atoms with Crippen LogP contribution in [0.5, 0.6) is 0 Å². The van der Waals surface area contributed by atoms with Gasteiger partial charge >= 0.3 is 10.2 Å². The Kier molecular flexibility index (Phi) is 3.42. The Morgan fingerprint density at radius 2 is 2.05 bits per heavy atom. The Balaban J connectivity index is 2.45. The van der Waals surface area contributed by atoms with Gasteiger partial charge in [0, 0.05) is 25.1 Å². The molecule has 0 bridgehead atoms.